The van der Waals surface area contributed by atoms with Crippen LogP contribution in [0.25, 0.3) is 0 Å². The molecule has 0 spiro atoms. The Morgan fingerprint density at radius 2 is 1.86 bits per heavy atom. The van der Waals surface area contributed by atoms with E-state index in [1.807, 2.05) is 31.2 Å². The summed E-state index contributed by atoms with van der Waals surface area (Å²) in [6.45, 7) is 2.48. The van der Waals surface area contributed by atoms with Gasteiger partial charge in [-0.3, -0.25) is 0 Å². The molecule has 2 rings (SSSR count). The number of ether oxygens (including phenoxy) is 1. The largest absolute Gasteiger partial charge is 0.492 e. The van der Waals surface area contributed by atoms with Crippen molar-refractivity contribution in [1.82, 2.24) is 4.72 Å². The lowest BCUT2D eigenvalue weighted by atomic mass is 10.2. The number of aryl methyl sites for hydroxylation is 1. The fourth-order valence-electron chi connectivity index (χ4n) is 1.92. The summed E-state index contributed by atoms with van der Waals surface area (Å²) in [5.74, 6) is 0.658. The lowest BCUT2D eigenvalue weighted by Crippen LogP contribution is -2.29. The number of sulfonamides is 1. The maximum Gasteiger partial charge on any atom is 0.215 e. The van der Waals surface area contributed by atoms with Crippen molar-refractivity contribution in [1.29, 1.82) is 0 Å². The molecule has 0 saturated carbocycles. The Balaban J connectivity index is 1.79. The topological polar surface area (TPSA) is 55.4 Å². The smallest absolute Gasteiger partial charge is 0.215 e. The minimum Gasteiger partial charge on any atom is -0.492 e. The molecule has 0 aliphatic heterocycles. The van der Waals surface area contributed by atoms with Crippen molar-refractivity contribution >= 4 is 21.6 Å². The summed E-state index contributed by atoms with van der Waals surface area (Å²) in [5.41, 5.74) is 1.79. The number of halogens is 1. The predicted molar refractivity (Wildman–Crippen MR) is 88.8 cm³/mol. The molecule has 0 aromatic heterocycles. The van der Waals surface area contributed by atoms with Gasteiger partial charge in [-0.25, -0.2) is 13.1 Å². The third-order valence-electron chi connectivity index (χ3n) is 2.95. The molecule has 0 aliphatic carbocycles. The Morgan fingerprint density at radius 3 is 2.55 bits per heavy atom. The van der Waals surface area contributed by atoms with Crippen LogP contribution in [-0.2, 0) is 15.8 Å². The second-order valence-electron chi connectivity index (χ2n) is 4.94. The van der Waals surface area contributed by atoms with E-state index >= 15 is 0 Å². The molecular formula is C16H18ClNO3S. The summed E-state index contributed by atoms with van der Waals surface area (Å²) >= 11 is 5.77. The molecule has 2 aromatic carbocycles. The molecule has 118 valence electrons. The van der Waals surface area contributed by atoms with Crippen LogP contribution in [0.15, 0.2) is 48.5 Å². The fourth-order valence-corrected chi connectivity index (χ4v) is 3.18. The van der Waals surface area contributed by atoms with E-state index in [9.17, 15) is 8.42 Å². The third-order valence-corrected chi connectivity index (χ3v) is 4.56. The highest BCUT2D eigenvalue weighted by Gasteiger charge is 2.10. The van der Waals surface area contributed by atoms with Crippen molar-refractivity contribution < 1.29 is 13.2 Å². The van der Waals surface area contributed by atoms with Gasteiger partial charge in [0.25, 0.3) is 0 Å². The summed E-state index contributed by atoms with van der Waals surface area (Å²) in [6.07, 6.45) is 0. The van der Waals surface area contributed by atoms with Gasteiger partial charge in [-0.2, -0.15) is 0 Å². The molecule has 0 bridgehead atoms. The first kappa shape index (κ1) is 16.8. The fraction of sp³-hybridized carbons (Fsp3) is 0.250. The Morgan fingerprint density at radius 1 is 1.14 bits per heavy atom. The second kappa shape index (κ2) is 7.63. The van der Waals surface area contributed by atoms with E-state index in [0.717, 1.165) is 11.3 Å². The van der Waals surface area contributed by atoms with Gasteiger partial charge in [0.1, 0.15) is 12.4 Å². The highest BCUT2D eigenvalue weighted by Crippen LogP contribution is 2.13. The van der Waals surface area contributed by atoms with Crippen LogP contribution in [0.1, 0.15) is 11.1 Å². The lowest BCUT2D eigenvalue weighted by Gasteiger charge is -2.09. The monoisotopic (exact) mass is 339 g/mol. The van der Waals surface area contributed by atoms with Crippen molar-refractivity contribution in [3.05, 3.63) is 64.7 Å². The lowest BCUT2D eigenvalue weighted by molar-refractivity contribution is 0.322. The molecule has 6 heteroatoms. The van der Waals surface area contributed by atoms with Crippen LogP contribution >= 0.6 is 11.6 Å². The first-order valence-electron chi connectivity index (χ1n) is 6.86. The normalized spacial score (nSPS) is 11.4. The molecule has 0 radical (unpaired) electrons. The van der Waals surface area contributed by atoms with Crippen LogP contribution < -0.4 is 9.46 Å². The van der Waals surface area contributed by atoms with E-state index in [4.69, 9.17) is 16.3 Å². The molecule has 0 atom stereocenters. The standard InChI is InChI=1S/C16H18ClNO3S/c1-13-3-2-4-16(11-13)21-10-9-18-22(19,20)12-14-5-7-15(17)8-6-14/h2-8,11,18H,9-10,12H2,1H3. The maximum atomic E-state index is 12.0. The Hall–Kier alpha value is -1.56. The summed E-state index contributed by atoms with van der Waals surface area (Å²) in [7, 11) is -3.38. The summed E-state index contributed by atoms with van der Waals surface area (Å²) in [6, 6.07) is 14.4. The van der Waals surface area contributed by atoms with Crippen LogP contribution in [0.5, 0.6) is 5.75 Å². The minimum absolute atomic E-state index is 0.0748. The molecule has 0 fully saturated rings. The van der Waals surface area contributed by atoms with E-state index < -0.39 is 10.0 Å². The van der Waals surface area contributed by atoms with Gasteiger partial charge >= 0.3 is 0 Å². The van der Waals surface area contributed by atoms with Gasteiger partial charge < -0.3 is 4.74 Å². The summed E-state index contributed by atoms with van der Waals surface area (Å²) in [4.78, 5) is 0. The van der Waals surface area contributed by atoms with Crippen molar-refractivity contribution in [2.75, 3.05) is 13.2 Å². The number of benzene rings is 2. The molecule has 2 aromatic rings. The molecule has 0 unspecified atom stereocenters. The van der Waals surface area contributed by atoms with Gasteiger partial charge in [-0.15, -0.1) is 0 Å². The van der Waals surface area contributed by atoms with Gasteiger partial charge in [-0.1, -0.05) is 35.9 Å². The number of nitrogens with one attached hydrogen (secondary N) is 1. The van der Waals surface area contributed by atoms with E-state index in [-0.39, 0.29) is 18.9 Å². The average Bonchev–Trinajstić information content (AvgIpc) is 2.46. The van der Waals surface area contributed by atoms with Crippen LogP contribution in [0.3, 0.4) is 0 Å². The highest BCUT2D eigenvalue weighted by atomic mass is 35.5. The summed E-state index contributed by atoms with van der Waals surface area (Å²) in [5, 5.41) is 0.584. The first-order valence-corrected chi connectivity index (χ1v) is 8.89. The third kappa shape index (κ3) is 5.67. The molecule has 1 N–H and O–H groups in total. The highest BCUT2D eigenvalue weighted by molar-refractivity contribution is 7.88. The molecule has 0 heterocycles. The SMILES string of the molecule is Cc1cccc(OCCNS(=O)(=O)Cc2ccc(Cl)cc2)c1. The number of hydrogen-bond donors (Lipinski definition) is 1. The van der Waals surface area contributed by atoms with Crippen LogP contribution in [-0.4, -0.2) is 21.6 Å². The minimum atomic E-state index is -3.38. The Kier molecular flexibility index (Phi) is 5.83. The molecule has 22 heavy (non-hydrogen) atoms. The number of rotatable bonds is 7. The van der Waals surface area contributed by atoms with Crippen molar-refractivity contribution in [3.8, 4) is 5.75 Å². The van der Waals surface area contributed by atoms with Gasteiger partial charge in [0.15, 0.2) is 0 Å². The molecule has 4 nitrogen and oxygen atoms in total. The average molecular weight is 340 g/mol. The van der Waals surface area contributed by atoms with E-state index in [1.165, 1.54) is 0 Å². The zero-order chi connectivity index (χ0) is 16.0. The van der Waals surface area contributed by atoms with Gasteiger partial charge in [0, 0.05) is 11.6 Å². The molecule has 0 aliphatic rings. The molecule has 0 saturated heterocycles. The zero-order valence-electron chi connectivity index (χ0n) is 12.3. The molecular weight excluding hydrogens is 322 g/mol. The van der Waals surface area contributed by atoms with Crippen LogP contribution in [0, 0.1) is 6.92 Å². The summed E-state index contributed by atoms with van der Waals surface area (Å²) < 4.78 is 31.9. The van der Waals surface area contributed by atoms with Crippen molar-refractivity contribution in [2.24, 2.45) is 0 Å². The van der Waals surface area contributed by atoms with Gasteiger partial charge in [0.2, 0.25) is 10.0 Å². The zero-order valence-corrected chi connectivity index (χ0v) is 13.8. The van der Waals surface area contributed by atoms with Crippen LogP contribution in [0.2, 0.25) is 5.02 Å². The first-order chi connectivity index (χ1) is 10.4. The second-order valence-corrected chi connectivity index (χ2v) is 7.19. The molecule has 0 amide bonds. The Bertz CT molecular complexity index is 714. The van der Waals surface area contributed by atoms with Crippen molar-refractivity contribution in [3.63, 3.8) is 0 Å². The predicted octanol–water partition coefficient (Wildman–Crippen LogP) is 3.15. The van der Waals surface area contributed by atoms with Gasteiger partial charge in [0.05, 0.1) is 5.75 Å². The maximum absolute atomic E-state index is 12.0. The van der Waals surface area contributed by atoms with Crippen molar-refractivity contribution in [2.45, 2.75) is 12.7 Å². The Labute approximate surface area is 136 Å². The van der Waals surface area contributed by atoms with E-state index in [2.05, 4.69) is 4.72 Å². The van der Waals surface area contributed by atoms with Crippen LogP contribution in [0.4, 0.5) is 0 Å². The quantitative estimate of drug-likeness (QED) is 0.788. The number of hydrogen-bond acceptors (Lipinski definition) is 3. The van der Waals surface area contributed by atoms with E-state index in [1.54, 1.807) is 24.3 Å². The van der Waals surface area contributed by atoms with Gasteiger partial charge in [-0.05, 0) is 42.3 Å². The van der Waals surface area contributed by atoms with E-state index in [0.29, 0.717) is 10.6 Å².